The summed E-state index contributed by atoms with van der Waals surface area (Å²) >= 11 is 3.39. The maximum Gasteiger partial charge on any atom is 0.387 e. The van der Waals surface area contributed by atoms with Crippen LogP contribution in [-0.4, -0.2) is 21.9 Å². The summed E-state index contributed by atoms with van der Waals surface area (Å²) in [6.45, 7) is -2.90. The minimum Gasteiger partial charge on any atom is -0.435 e. The number of nitrogens with zero attached hydrogens (tertiary/aromatic N) is 1. The molecule has 0 aliphatic carbocycles. The fourth-order valence-corrected chi connectivity index (χ4v) is 2.93. The summed E-state index contributed by atoms with van der Waals surface area (Å²) in [6, 6.07) is 14.7. The fraction of sp³-hybridized carbons (Fsp3) is 0.118. The van der Waals surface area contributed by atoms with Gasteiger partial charge in [0.15, 0.2) is 5.60 Å². The Kier molecular flexibility index (Phi) is 4.64. The molecule has 1 atom stereocenters. The van der Waals surface area contributed by atoms with E-state index in [9.17, 15) is 13.9 Å². The zero-order valence-electron chi connectivity index (χ0n) is 12.3. The average molecular weight is 395 g/mol. The molecule has 1 heterocycles. The molecule has 1 unspecified atom stereocenters. The number of ether oxygens (including phenoxy) is 1. The predicted molar refractivity (Wildman–Crippen MR) is 87.9 cm³/mol. The average Bonchev–Trinajstić information content (AvgIpc) is 3.09. The summed E-state index contributed by atoms with van der Waals surface area (Å²) < 4.78 is 29.8. The SMILES string of the molecule is OC(c1ccc(OC(F)F)cc1)(c1cccc(Br)c1)c1ccn[nH]1. The Labute approximate surface area is 145 Å². The number of nitrogens with one attached hydrogen (secondary N) is 1. The lowest BCUT2D eigenvalue weighted by Crippen LogP contribution is -2.29. The molecule has 7 heteroatoms. The van der Waals surface area contributed by atoms with E-state index in [1.807, 2.05) is 6.07 Å². The maximum atomic E-state index is 12.3. The number of hydrogen-bond donors (Lipinski definition) is 2. The van der Waals surface area contributed by atoms with E-state index in [0.717, 1.165) is 4.47 Å². The van der Waals surface area contributed by atoms with Crippen LogP contribution in [0.5, 0.6) is 5.75 Å². The lowest BCUT2D eigenvalue weighted by molar-refractivity contribution is -0.0498. The van der Waals surface area contributed by atoms with Crippen LogP contribution >= 0.6 is 15.9 Å². The molecule has 0 spiro atoms. The van der Waals surface area contributed by atoms with Crippen molar-refractivity contribution in [2.45, 2.75) is 12.2 Å². The van der Waals surface area contributed by atoms with Gasteiger partial charge in [0, 0.05) is 10.7 Å². The lowest BCUT2D eigenvalue weighted by Gasteiger charge is -2.28. The molecule has 0 radical (unpaired) electrons. The van der Waals surface area contributed by atoms with Crippen LogP contribution in [0.2, 0.25) is 0 Å². The Morgan fingerprint density at radius 2 is 1.83 bits per heavy atom. The van der Waals surface area contributed by atoms with Gasteiger partial charge in [-0.05, 0) is 41.5 Å². The van der Waals surface area contributed by atoms with E-state index in [4.69, 9.17) is 0 Å². The first-order chi connectivity index (χ1) is 11.5. The van der Waals surface area contributed by atoms with Crippen LogP contribution in [0.3, 0.4) is 0 Å². The van der Waals surface area contributed by atoms with Gasteiger partial charge in [0.05, 0.1) is 5.69 Å². The number of aromatic nitrogens is 2. The van der Waals surface area contributed by atoms with E-state index >= 15 is 0 Å². The monoisotopic (exact) mass is 394 g/mol. The van der Waals surface area contributed by atoms with E-state index in [1.165, 1.54) is 18.3 Å². The minimum atomic E-state index is -2.90. The van der Waals surface area contributed by atoms with E-state index in [-0.39, 0.29) is 5.75 Å². The lowest BCUT2D eigenvalue weighted by atomic mass is 9.83. The summed E-state index contributed by atoms with van der Waals surface area (Å²) in [7, 11) is 0. The first-order valence-electron chi connectivity index (χ1n) is 7.04. The van der Waals surface area contributed by atoms with Crippen molar-refractivity contribution in [1.29, 1.82) is 0 Å². The number of benzene rings is 2. The molecule has 4 nitrogen and oxygen atoms in total. The van der Waals surface area contributed by atoms with Crippen molar-refractivity contribution in [2.75, 3.05) is 0 Å². The molecule has 2 N–H and O–H groups in total. The third-order valence-corrected chi connectivity index (χ3v) is 4.12. The number of H-pyrrole nitrogens is 1. The van der Waals surface area contributed by atoms with Gasteiger partial charge in [0.25, 0.3) is 0 Å². The Hall–Kier alpha value is -2.25. The van der Waals surface area contributed by atoms with Crippen molar-refractivity contribution in [3.63, 3.8) is 0 Å². The normalized spacial score (nSPS) is 13.7. The summed E-state index contributed by atoms with van der Waals surface area (Å²) in [6.07, 6.45) is 1.53. The van der Waals surface area contributed by atoms with Gasteiger partial charge in [-0.2, -0.15) is 13.9 Å². The molecule has 24 heavy (non-hydrogen) atoms. The Morgan fingerprint density at radius 1 is 1.08 bits per heavy atom. The molecule has 0 saturated carbocycles. The molecule has 0 saturated heterocycles. The molecule has 2 aromatic carbocycles. The third-order valence-electron chi connectivity index (χ3n) is 3.63. The zero-order chi connectivity index (χ0) is 17.2. The van der Waals surface area contributed by atoms with Gasteiger partial charge in [-0.25, -0.2) is 0 Å². The second kappa shape index (κ2) is 6.70. The van der Waals surface area contributed by atoms with Crippen molar-refractivity contribution in [3.05, 3.63) is 82.1 Å². The van der Waals surface area contributed by atoms with Crippen LogP contribution in [0, 0.1) is 0 Å². The van der Waals surface area contributed by atoms with Gasteiger partial charge in [-0.1, -0.05) is 40.2 Å². The molecule has 0 bridgehead atoms. The highest BCUT2D eigenvalue weighted by Crippen LogP contribution is 2.37. The van der Waals surface area contributed by atoms with Crippen molar-refractivity contribution in [1.82, 2.24) is 10.2 Å². The fourth-order valence-electron chi connectivity index (χ4n) is 2.53. The first-order valence-corrected chi connectivity index (χ1v) is 7.83. The second-order valence-electron chi connectivity index (χ2n) is 5.09. The Morgan fingerprint density at radius 3 is 2.42 bits per heavy atom. The molecule has 0 amide bonds. The minimum absolute atomic E-state index is 0.0231. The number of hydrogen-bond acceptors (Lipinski definition) is 3. The van der Waals surface area contributed by atoms with Crippen LogP contribution in [0.25, 0.3) is 0 Å². The molecule has 3 aromatic rings. The molecule has 124 valence electrons. The number of halogens is 3. The van der Waals surface area contributed by atoms with Gasteiger partial charge in [-0.15, -0.1) is 0 Å². The summed E-state index contributed by atoms with van der Waals surface area (Å²) in [5, 5.41) is 18.1. The molecule has 3 rings (SSSR count). The van der Waals surface area contributed by atoms with Gasteiger partial charge < -0.3 is 9.84 Å². The quantitative estimate of drug-likeness (QED) is 0.685. The van der Waals surface area contributed by atoms with Crippen molar-refractivity contribution < 1.29 is 18.6 Å². The van der Waals surface area contributed by atoms with Crippen LogP contribution in [0.1, 0.15) is 16.8 Å². The van der Waals surface area contributed by atoms with Crippen molar-refractivity contribution in [3.8, 4) is 5.75 Å². The van der Waals surface area contributed by atoms with Gasteiger partial charge in [0.1, 0.15) is 5.75 Å². The van der Waals surface area contributed by atoms with E-state index in [1.54, 1.807) is 36.4 Å². The zero-order valence-corrected chi connectivity index (χ0v) is 13.9. The second-order valence-corrected chi connectivity index (χ2v) is 6.01. The highest BCUT2D eigenvalue weighted by atomic mass is 79.9. The van der Waals surface area contributed by atoms with Gasteiger partial charge in [-0.3, -0.25) is 5.10 Å². The molecule has 0 aliphatic heterocycles. The highest BCUT2D eigenvalue weighted by Gasteiger charge is 2.35. The highest BCUT2D eigenvalue weighted by molar-refractivity contribution is 9.10. The van der Waals surface area contributed by atoms with Gasteiger partial charge in [0.2, 0.25) is 0 Å². The molecular weight excluding hydrogens is 382 g/mol. The van der Waals surface area contributed by atoms with E-state index in [2.05, 4.69) is 30.9 Å². The van der Waals surface area contributed by atoms with Crippen LogP contribution < -0.4 is 4.74 Å². The van der Waals surface area contributed by atoms with Crippen LogP contribution in [0.4, 0.5) is 8.78 Å². The Bertz CT molecular complexity index is 810. The van der Waals surface area contributed by atoms with E-state index in [0.29, 0.717) is 16.8 Å². The standard InChI is InChI=1S/C17H13BrF2N2O2/c18-13-3-1-2-12(10-13)17(23,15-8-9-21-22-15)11-4-6-14(7-5-11)24-16(19)20/h1-10,16,23H,(H,21,22). The van der Waals surface area contributed by atoms with E-state index < -0.39 is 12.2 Å². The molecular formula is C17H13BrF2N2O2. The number of rotatable bonds is 5. The maximum absolute atomic E-state index is 12.3. The topological polar surface area (TPSA) is 58.1 Å². The first kappa shape index (κ1) is 16.6. The number of aromatic amines is 1. The largest absolute Gasteiger partial charge is 0.435 e. The summed E-state index contributed by atoms with van der Waals surface area (Å²) in [5.41, 5.74) is 0.0437. The molecule has 0 fully saturated rings. The summed E-state index contributed by atoms with van der Waals surface area (Å²) in [4.78, 5) is 0. The van der Waals surface area contributed by atoms with Crippen LogP contribution in [-0.2, 0) is 5.60 Å². The van der Waals surface area contributed by atoms with Crippen molar-refractivity contribution >= 4 is 15.9 Å². The number of aliphatic hydroxyl groups is 1. The smallest absolute Gasteiger partial charge is 0.387 e. The number of alkyl halides is 2. The summed E-state index contributed by atoms with van der Waals surface area (Å²) in [5.74, 6) is 0.0231. The molecule has 0 aliphatic rings. The molecule has 1 aromatic heterocycles. The predicted octanol–water partition coefficient (Wildman–Crippen LogP) is 4.06. The Balaban J connectivity index is 2.09. The van der Waals surface area contributed by atoms with Crippen LogP contribution in [0.15, 0.2) is 65.3 Å². The van der Waals surface area contributed by atoms with Gasteiger partial charge >= 0.3 is 6.61 Å². The third kappa shape index (κ3) is 3.18. The van der Waals surface area contributed by atoms with Crippen molar-refractivity contribution in [2.24, 2.45) is 0 Å².